The molecule has 0 radical (unpaired) electrons. The molecule has 0 saturated heterocycles. The summed E-state index contributed by atoms with van der Waals surface area (Å²) in [5.41, 5.74) is 4.17. The highest BCUT2D eigenvalue weighted by Gasteiger charge is 2.23. The molecule has 1 amide bonds. The van der Waals surface area contributed by atoms with Gasteiger partial charge in [-0.25, -0.2) is 0 Å². The number of ether oxygens (including phenoxy) is 1. The summed E-state index contributed by atoms with van der Waals surface area (Å²) in [6.45, 7) is 1.42. The van der Waals surface area contributed by atoms with E-state index >= 15 is 0 Å². The van der Waals surface area contributed by atoms with E-state index < -0.39 is 0 Å². The van der Waals surface area contributed by atoms with Crippen LogP contribution < -0.4 is 4.74 Å². The summed E-state index contributed by atoms with van der Waals surface area (Å²) >= 11 is 0. The third-order valence-corrected chi connectivity index (χ3v) is 4.34. The summed E-state index contributed by atoms with van der Waals surface area (Å²) in [6.07, 6.45) is 6.16. The minimum absolute atomic E-state index is 0.0519. The fourth-order valence-corrected chi connectivity index (χ4v) is 3.09. The Kier molecular flexibility index (Phi) is 3.46. The van der Waals surface area contributed by atoms with E-state index in [0.29, 0.717) is 12.1 Å². The van der Waals surface area contributed by atoms with Crippen LogP contribution in [-0.4, -0.2) is 17.4 Å². The summed E-state index contributed by atoms with van der Waals surface area (Å²) in [5, 5.41) is 0. The average molecular weight is 303 g/mol. The van der Waals surface area contributed by atoms with Crippen molar-refractivity contribution in [2.45, 2.75) is 13.0 Å². The first kappa shape index (κ1) is 13.8. The molecule has 3 nitrogen and oxygen atoms in total. The van der Waals surface area contributed by atoms with Crippen molar-refractivity contribution in [3.05, 3.63) is 83.1 Å². The van der Waals surface area contributed by atoms with E-state index in [1.807, 2.05) is 41.3 Å². The number of hydrogen-bond acceptors (Lipinski definition) is 2. The number of para-hydroxylation sites is 1. The Hall–Kier alpha value is -2.81. The lowest BCUT2D eigenvalue weighted by Crippen LogP contribution is -2.36. The molecule has 2 aromatic rings. The molecular formula is C20H17NO2. The average Bonchev–Trinajstić information content (AvgIpc) is 2.83. The smallest absolute Gasteiger partial charge is 0.254 e. The molecule has 0 saturated carbocycles. The molecule has 0 atom stereocenters. The van der Waals surface area contributed by atoms with Crippen molar-refractivity contribution in [2.24, 2.45) is 0 Å². The van der Waals surface area contributed by atoms with Gasteiger partial charge in [0.25, 0.3) is 5.91 Å². The first-order valence-corrected chi connectivity index (χ1v) is 7.81. The zero-order chi connectivity index (χ0) is 15.6. The maximum atomic E-state index is 12.9. The van der Waals surface area contributed by atoms with Gasteiger partial charge in [0, 0.05) is 24.2 Å². The maximum absolute atomic E-state index is 12.9. The number of nitrogens with zero attached hydrogens (tertiary/aromatic N) is 1. The molecule has 0 fully saturated rings. The predicted molar refractivity (Wildman–Crippen MR) is 89.8 cm³/mol. The Labute approximate surface area is 135 Å². The zero-order valence-corrected chi connectivity index (χ0v) is 12.7. The second kappa shape index (κ2) is 5.76. The second-order valence-electron chi connectivity index (χ2n) is 5.80. The monoisotopic (exact) mass is 303 g/mol. The van der Waals surface area contributed by atoms with Crippen molar-refractivity contribution in [2.75, 3.05) is 6.54 Å². The number of rotatable bonds is 1. The topological polar surface area (TPSA) is 29.5 Å². The van der Waals surface area contributed by atoms with Crippen LogP contribution >= 0.6 is 0 Å². The van der Waals surface area contributed by atoms with Crippen molar-refractivity contribution >= 4 is 12.0 Å². The Morgan fingerprint density at radius 2 is 1.78 bits per heavy atom. The minimum atomic E-state index is 0.0519. The molecule has 2 aliphatic heterocycles. The van der Waals surface area contributed by atoms with Gasteiger partial charge in [-0.3, -0.25) is 4.79 Å². The summed E-state index contributed by atoms with van der Waals surface area (Å²) in [5.74, 6) is 0.826. The highest BCUT2D eigenvalue weighted by molar-refractivity contribution is 6.01. The number of amides is 1. The number of carbonyl (C=O) groups excluding carboxylic acids is 1. The van der Waals surface area contributed by atoms with Gasteiger partial charge < -0.3 is 9.64 Å². The molecule has 0 unspecified atom stereocenters. The third kappa shape index (κ3) is 2.66. The first-order chi connectivity index (χ1) is 11.3. The van der Waals surface area contributed by atoms with E-state index in [1.165, 1.54) is 11.1 Å². The largest absolute Gasteiger partial charge is 0.464 e. The van der Waals surface area contributed by atoms with Gasteiger partial charge in [-0.1, -0.05) is 42.5 Å². The van der Waals surface area contributed by atoms with Crippen molar-refractivity contribution in [1.29, 1.82) is 0 Å². The van der Waals surface area contributed by atoms with Gasteiger partial charge >= 0.3 is 0 Å². The van der Waals surface area contributed by atoms with E-state index in [4.69, 9.17) is 4.74 Å². The molecule has 0 bridgehead atoms. The van der Waals surface area contributed by atoms with Crippen LogP contribution in [0.1, 0.15) is 16.7 Å². The minimum Gasteiger partial charge on any atom is -0.464 e. The van der Waals surface area contributed by atoms with Crippen molar-refractivity contribution in [1.82, 2.24) is 4.90 Å². The standard InChI is InChI=1S/C20H17NO2/c22-20(21-11-9-15-5-1-2-7-18(15)14-21)17-10-12-23-19-8-4-3-6-16(19)13-17/h1-8,10,12-13H,9,11,14H2. The SMILES string of the molecule is O=C(C1=Cc2ccccc2OC=C1)N1CCc2ccccc2C1. The van der Waals surface area contributed by atoms with E-state index in [1.54, 1.807) is 12.3 Å². The van der Waals surface area contributed by atoms with Crippen LogP contribution in [0.5, 0.6) is 5.75 Å². The van der Waals surface area contributed by atoms with Crippen LogP contribution in [0.3, 0.4) is 0 Å². The fourth-order valence-electron chi connectivity index (χ4n) is 3.09. The van der Waals surface area contributed by atoms with Crippen molar-refractivity contribution in [3.63, 3.8) is 0 Å². The highest BCUT2D eigenvalue weighted by Crippen LogP contribution is 2.26. The number of carbonyl (C=O) groups is 1. The van der Waals surface area contributed by atoms with Gasteiger partial charge in [0.2, 0.25) is 0 Å². The third-order valence-electron chi connectivity index (χ3n) is 4.34. The fraction of sp³-hybridized carbons (Fsp3) is 0.150. The molecule has 4 rings (SSSR count). The van der Waals surface area contributed by atoms with E-state index in [2.05, 4.69) is 18.2 Å². The molecular weight excluding hydrogens is 286 g/mol. The molecule has 0 N–H and O–H groups in total. The molecule has 2 aliphatic rings. The molecule has 3 heteroatoms. The predicted octanol–water partition coefficient (Wildman–Crippen LogP) is 3.56. The van der Waals surface area contributed by atoms with Gasteiger partial charge in [-0.2, -0.15) is 0 Å². The molecule has 0 aliphatic carbocycles. The van der Waals surface area contributed by atoms with E-state index in [0.717, 1.165) is 24.3 Å². The van der Waals surface area contributed by atoms with E-state index in [9.17, 15) is 4.79 Å². The second-order valence-corrected chi connectivity index (χ2v) is 5.80. The van der Waals surface area contributed by atoms with Gasteiger partial charge in [0.15, 0.2) is 0 Å². The number of hydrogen-bond donors (Lipinski definition) is 0. The summed E-state index contributed by atoms with van der Waals surface area (Å²) in [7, 11) is 0. The molecule has 114 valence electrons. The van der Waals surface area contributed by atoms with Gasteiger partial charge in [-0.15, -0.1) is 0 Å². The van der Waals surface area contributed by atoms with Crippen LogP contribution in [0.15, 0.2) is 66.4 Å². The molecule has 0 aromatic heterocycles. The molecule has 0 spiro atoms. The Morgan fingerprint density at radius 1 is 1.00 bits per heavy atom. The summed E-state index contributed by atoms with van der Waals surface area (Å²) in [4.78, 5) is 14.8. The highest BCUT2D eigenvalue weighted by atomic mass is 16.5. The van der Waals surface area contributed by atoms with Crippen LogP contribution in [0.4, 0.5) is 0 Å². The maximum Gasteiger partial charge on any atom is 0.254 e. The van der Waals surface area contributed by atoms with Crippen molar-refractivity contribution < 1.29 is 9.53 Å². The van der Waals surface area contributed by atoms with Crippen LogP contribution in [0, 0.1) is 0 Å². The van der Waals surface area contributed by atoms with Crippen LogP contribution in [0.25, 0.3) is 6.08 Å². The molecule has 23 heavy (non-hydrogen) atoms. The van der Waals surface area contributed by atoms with Gasteiger partial charge in [0.1, 0.15) is 5.75 Å². The molecule has 2 aromatic carbocycles. The normalized spacial score (nSPS) is 15.8. The summed E-state index contributed by atoms with van der Waals surface area (Å²) in [6, 6.07) is 16.1. The lowest BCUT2D eigenvalue weighted by Gasteiger charge is -2.29. The summed E-state index contributed by atoms with van der Waals surface area (Å²) < 4.78 is 5.57. The lowest BCUT2D eigenvalue weighted by molar-refractivity contribution is -0.127. The van der Waals surface area contributed by atoms with Crippen LogP contribution in [0.2, 0.25) is 0 Å². The Morgan fingerprint density at radius 3 is 2.70 bits per heavy atom. The lowest BCUT2D eigenvalue weighted by atomic mass is 9.99. The van der Waals surface area contributed by atoms with Gasteiger partial charge in [0.05, 0.1) is 6.26 Å². The van der Waals surface area contributed by atoms with Gasteiger partial charge in [-0.05, 0) is 35.8 Å². The van der Waals surface area contributed by atoms with Crippen LogP contribution in [-0.2, 0) is 17.8 Å². The Bertz CT molecular complexity index is 820. The first-order valence-electron chi connectivity index (χ1n) is 7.81. The number of fused-ring (bicyclic) bond motifs is 2. The number of benzene rings is 2. The molecule has 2 heterocycles. The zero-order valence-electron chi connectivity index (χ0n) is 12.7. The van der Waals surface area contributed by atoms with Crippen molar-refractivity contribution in [3.8, 4) is 5.75 Å². The Balaban J connectivity index is 1.62. The quantitative estimate of drug-likeness (QED) is 0.806. The van der Waals surface area contributed by atoms with E-state index in [-0.39, 0.29) is 5.91 Å².